The first-order valence-electron chi connectivity index (χ1n) is 8.61. The van der Waals surface area contributed by atoms with E-state index in [1.807, 2.05) is 44.2 Å². The van der Waals surface area contributed by atoms with Crippen LogP contribution >= 0.6 is 0 Å². The quantitative estimate of drug-likeness (QED) is 0.650. The molecule has 0 spiro atoms. The van der Waals surface area contributed by atoms with Crippen molar-refractivity contribution in [3.8, 4) is 11.6 Å². The van der Waals surface area contributed by atoms with Crippen LogP contribution in [0.5, 0.6) is 5.88 Å². The Labute approximate surface area is 158 Å². The summed E-state index contributed by atoms with van der Waals surface area (Å²) in [6.07, 6.45) is 1.56. The molecule has 140 valence electrons. The Balaban J connectivity index is 1.74. The standard InChI is InChI=1S/C20H22N4O3/c1-14-19(15(2)24(23-14)17-7-5-4-6-8-17)20(25)22-16-9-10-18(21-13-16)27-12-11-26-3/h4-10,13H,11-12H2,1-3H3,(H,22,25). The Hall–Kier alpha value is -3.19. The monoisotopic (exact) mass is 366 g/mol. The van der Waals surface area contributed by atoms with Gasteiger partial charge in [-0.1, -0.05) is 18.2 Å². The van der Waals surface area contributed by atoms with Gasteiger partial charge in [0.2, 0.25) is 5.88 Å². The molecule has 0 bridgehead atoms. The lowest BCUT2D eigenvalue weighted by Gasteiger charge is -2.08. The number of hydrogen-bond acceptors (Lipinski definition) is 5. The predicted octanol–water partition coefficient (Wildman–Crippen LogP) is 3.16. The van der Waals surface area contributed by atoms with E-state index in [9.17, 15) is 4.79 Å². The molecule has 0 aliphatic rings. The Kier molecular flexibility index (Phi) is 5.83. The highest BCUT2D eigenvalue weighted by molar-refractivity contribution is 6.05. The number of amides is 1. The third kappa shape index (κ3) is 4.32. The maximum absolute atomic E-state index is 12.8. The Morgan fingerprint density at radius 3 is 2.56 bits per heavy atom. The molecule has 27 heavy (non-hydrogen) atoms. The van der Waals surface area contributed by atoms with Gasteiger partial charge in [0, 0.05) is 13.2 Å². The van der Waals surface area contributed by atoms with Crippen molar-refractivity contribution in [1.82, 2.24) is 14.8 Å². The highest BCUT2D eigenvalue weighted by Gasteiger charge is 2.19. The highest BCUT2D eigenvalue weighted by Crippen LogP contribution is 2.20. The van der Waals surface area contributed by atoms with Crippen LogP contribution in [0.15, 0.2) is 48.7 Å². The molecule has 1 amide bonds. The second-order valence-corrected chi connectivity index (χ2v) is 5.97. The van der Waals surface area contributed by atoms with Crippen LogP contribution in [-0.2, 0) is 4.74 Å². The summed E-state index contributed by atoms with van der Waals surface area (Å²) in [4.78, 5) is 16.9. The second kappa shape index (κ2) is 8.46. The van der Waals surface area contributed by atoms with Crippen LogP contribution in [0.1, 0.15) is 21.7 Å². The average Bonchev–Trinajstić information content (AvgIpc) is 2.98. The number of benzene rings is 1. The van der Waals surface area contributed by atoms with Crippen LogP contribution in [0.2, 0.25) is 0 Å². The first-order valence-corrected chi connectivity index (χ1v) is 8.61. The van der Waals surface area contributed by atoms with Gasteiger partial charge in [-0.15, -0.1) is 0 Å². The minimum Gasteiger partial charge on any atom is -0.475 e. The molecule has 1 N–H and O–H groups in total. The summed E-state index contributed by atoms with van der Waals surface area (Å²) in [7, 11) is 1.61. The van der Waals surface area contributed by atoms with Crippen molar-refractivity contribution in [2.24, 2.45) is 0 Å². The molecule has 0 aliphatic heterocycles. The number of anilines is 1. The predicted molar refractivity (Wildman–Crippen MR) is 103 cm³/mol. The van der Waals surface area contributed by atoms with E-state index >= 15 is 0 Å². The van der Waals surface area contributed by atoms with Crippen molar-refractivity contribution in [3.63, 3.8) is 0 Å². The van der Waals surface area contributed by atoms with Crippen molar-refractivity contribution in [2.75, 3.05) is 25.6 Å². The maximum Gasteiger partial charge on any atom is 0.259 e. The third-order valence-electron chi connectivity index (χ3n) is 4.05. The van der Waals surface area contributed by atoms with Crippen LogP contribution < -0.4 is 10.1 Å². The number of methoxy groups -OCH3 is 1. The zero-order valence-corrected chi connectivity index (χ0v) is 15.6. The van der Waals surface area contributed by atoms with E-state index < -0.39 is 0 Å². The van der Waals surface area contributed by atoms with Gasteiger partial charge in [0.05, 0.1) is 41.1 Å². The molecule has 2 aromatic heterocycles. The van der Waals surface area contributed by atoms with Gasteiger partial charge in [-0.2, -0.15) is 5.10 Å². The first kappa shape index (κ1) is 18.6. The lowest BCUT2D eigenvalue weighted by atomic mass is 10.2. The van der Waals surface area contributed by atoms with Gasteiger partial charge in [0.1, 0.15) is 6.61 Å². The Morgan fingerprint density at radius 2 is 1.89 bits per heavy atom. The summed E-state index contributed by atoms with van der Waals surface area (Å²) in [5.41, 5.74) is 3.51. The molecule has 0 atom stereocenters. The fourth-order valence-corrected chi connectivity index (χ4v) is 2.75. The van der Waals surface area contributed by atoms with E-state index in [4.69, 9.17) is 9.47 Å². The molecule has 0 saturated heterocycles. The maximum atomic E-state index is 12.8. The number of nitrogens with zero attached hydrogens (tertiary/aromatic N) is 3. The van der Waals surface area contributed by atoms with E-state index in [1.165, 1.54) is 0 Å². The van der Waals surface area contributed by atoms with Crippen LogP contribution in [0.3, 0.4) is 0 Å². The first-order chi connectivity index (χ1) is 13.1. The van der Waals surface area contributed by atoms with Gasteiger partial charge < -0.3 is 14.8 Å². The average molecular weight is 366 g/mol. The van der Waals surface area contributed by atoms with E-state index in [0.717, 1.165) is 11.4 Å². The fourth-order valence-electron chi connectivity index (χ4n) is 2.75. The second-order valence-electron chi connectivity index (χ2n) is 5.97. The number of rotatable bonds is 7. The molecule has 7 heteroatoms. The highest BCUT2D eigenvalue weighted by atomic mass is 16.5. The van der Waals surface area contributed by atoms with Gasteiger partial charge in [-0.3, -0.25) is 4.79 Å². The molecular weight excluding hydrogens is 344 g/mol. The summed E-state index contributed by atoms with van der Waals surface area (Å²) < 4.78 is 12.1. The molecule has 2 heterocycles. The number of nitrogens with one attached hydrogen (secondary N) is 1. The van der Waals surface area contributed by atoms with Crippen LogP contribution in [0, 0.1) is 13.8 Å². The molecular formula is C20H22N4O3. The van der Waals surface area contributed by atoms with Gasteiger partial charge in [-0.05, 0) is 32.0 Å². The number of carbonyl (C=O) groups excluding carboxylic acids is 1. The Morgan fingerprint density at radius 1 is 1.11 bits per heavy atom. The fraction of sp³-hybridized carbons (Fsp3) is 0.250. The zero-order chi connectivity index (χ0) is 19.2. The van der Waals surface area contributed by atoms with Gasteiger partial charge in [0.15, 0.2) is 0 Å². The minimum atomic E-state index is -0.220. The number of aryl methyl sites for hydroxylation is 1. The smallest absolute Gasteiger partial charge is 0.259 e. The molecule has 3 aromatic rings. The number of carbonyl (C=O) groups is 1. The van der Waals surface area contributed by atoms with Crippen molar-refractivity contribution >= 4 is 11.6 Å². The van der Waals surface area contributed by atoms with E-state index in [2.05, 4.69) is 15.4 Å². The van der Waals surface area contributed by atoms with Crippen molar-refractivity contribution in [1.29, 1.82) is 0 Å². The molecule has 0 aliphatic carbocycles. The largest absolute Gasteiger partial charge is 0.475 e. The van der Waals surface area contributed by atoms with Crippen molar-refractivity contribution in [3.05, 3.63) is 65.6 Å². The summed E-state index contributed by atoms with van der Waals surface area (Å²) in [6, 6.07) is 13.2. The molecule has 7 nitrogen and oxygen atoms in total. The van der Waals surface area contributed by atoms with Crippen LogP contribution in [-0.4, -0.2) is 41.0 Å². The number of aromatic nitrogens is 3. The number of para-hydroxylation sites is 1. The van der Waals surface area contributed by atoms with Gasteiger partial charge in [0.25, 0.3) is 5.91 Å². The third-order valence-corrected chi connectivity index (χ3v) is 4.05. The van der Waals surface area contributed by atoms with Crippen LogP contribution in [0.4, 0.5) is 5.69 Å². The molecule has 0 saturated carbocycles. The van der Waals surface area contributed by atoms with E-state index in [1.54, 1.807) is 30.1 Å². The van der Waals surface area contributed by atoms with E-state index in [-0.39, 0.29) is 5.91 Å². The zero-order valence-electron chi connectivity index (χ0n) is 15.6. The molecule has 0 unspecified atom stereocenters. The van der Waals surface area contributed by atoms with Gasteiger partial charge >= 0.3 is 0 Å². The number of ether oxygens (including phenoxy) is 2. The molecule has 3 rings (SSSR count). The topological polar surface area (TPSA) is 78.3 Å². The Bertz CT molecular complexity index is 905. The summed E-state index contributed by atoms with van der Waals surface area (Å²) in [5.74, 6) is 0.260. The minimum absolute atomic E-state index is 0.220. The summed E-state index contributed by atoms with van der Waals surface area (Å²) >= 11 is 0. The van der Waals surface area contributed by atoms with E-state index in [0.29, 0.717) is 36.0 Å². The number of hydrogen-bond donors (Lipinski definition) is 1. The number of pyridine rings is 1. The normalized spacial score (nSPS) is 10.6. The lowest BCUT2D eigenvalue weighted by molar-refractivity contribution is 0.102. The van der Waals surface area contributed by atoms with Gasteiger partial charge in [-0.25, -0.2) is 9.67 Å². The SMILES string of the molecule is COCCOc1ccc(NC(=O)c2c(C)nn(-c3ccccc3)c2C)cn1. The van der Waals surface area contributed by atoms with Crippen molar-refractivity contribution < 1.29 is 14.3 Å². The molecule has 0 radical (unpaired) electrons. The summed E-state index contributed by atoms with van der Waals surface area (Å²) in [5, 5.41) is 7.37. The summed E-state index contributed by atoms with van der Waals surface area (Å²) in [6.45, 7) is 4.62. The van der Waals surface area contributed by atoms with Crippen molar-refractivity contribution in [2.45, 2.75) is 13.8 Å². The molecule has 0 fully saturated rings. The molecule has 1 aromatic carbocycles. The van der Waals surface area contributed by atoms with Crippen LogP contribution in [0.25, 0.3) is 5.69 Å². The lowest BCUT2D eigenvalue weighted by Crippen LogP contribution is -2.14.